The number of rotatable bonds is 6. The molecular weight excluding hydrogens is 224 g/mol. The van der Waals surface area contributed by atoms with E-state index in [-0.39, 0.29) is 18.6 Å². The van der Waals surface area contributed by atoms with Gasteiger partial charge in [-0.15, -0.1) is 0 Å². The molecule has 17 heavy (non-hydrogen) atoms. The summed E-state index contributed by atoms with van der Waals surface area (Å²) in [4.78, 5) is 21.5. The van der Waals surface area contributed by atoms with Crippen molar-refractivity contribution in [2.45, 2.75) is 25.7 Å². The quantitative estimate of drug-likeness (QED) is 0.449. The molecule has 1 rings (SSSR count). The SMILES string of the molecule is O=C(O)CCCCC(=O)Oc1ccc(O)cc1. The third kappa shape index (κ3) is 5.55. The van der Waals surface area contributed by atoms with E-state index in [4.69, 9.17) is 14.9 Å². The topological polar surface area (TPSA) is 83.8 Å². The van der Waals surface area contributed by atoms with Crippen molar-refractivity contribution >= 4 is 11.9 Å². The van der Waals surface area contributed by atoms with Gasteiger partial charge in [-0.3, -0.25) is 9.59 Å². The van der Waals surface area contributed by atoms with Crippen molar-refractivity contribution < 1.29 is 24.5 Å². The van der Waals surface area contributed by atoms with Crippen molar-refractivity contribution in [2.75, 3.05) is 0 Å². The summed E-state index contributed by atoms with van der Waals surface area (Å²) in [6, 6.07) is 5.83. The predicted molar refractivity (Wildman–Crippen MR) is 59.8 cm³/mol. The fourth-order valence-corrected chi connectivity index (χ4v) is 1.24. The van der Waals surface area contributed by atoms with Crippen LogP contribution in [0.1, 0.15) is 25.7 Å². The zero-order valence-electron chi connectivity index (χ0n) is 9.26. The molecule has 0 amide bonds. The summed E-state index contributed by atoms with van der Waals surface area (Å²) in [5.74, 6) is -0.796. The first-order chi connectivity index (χ1) is 8.08. The number of carboxylic acid groups (broad SMARTS) is 1. The molecule has 0 atom stereocenters. The highest BCUT2D eigenvalue weighted by Crippen LogP contribution is 2.16. The van der Waals surface area contributed by atoms with E-state index < -0.39 is 11.9 Å². The van der Waals surface area contributed by atoms with Gasteiger partial charge in [0.1, 0.15) is 11.5 Å². The van der Waals surface area contributed by atoms with Crippen LogP contribution < -0.4 is 4.74 Å². The van der Waals surface area contributed by atoms with Gasteiger partial charge in [-0.05, 0) is 37.1 Å². The third-order valence-electron chi connectivity index (χ3n) is 2.09. The van der Waals surface area contributed by atoms with E-state index in [0.717, 1.165) is 0 Å². The average Bonchev–Trinajstić information content (AvgIpc) is 2.27. The number of unbranched alkanes of at least 4 members (excludes halogenated alkanes) is 1. The van der Waals surface area contributed by atoms with Crippen LogP contribution in [0.3, 0.4) is 0 Å². The largest absolute Gasteiger partial charge is 0.508 e. The van der Waals surface area contributed by atoms with Gasteiger partial charge >= 0.3 is 11.9 Å². The lowest BCUT2D eigenvalue weighted by Gasteiger charge is -2.03. The van der Waals surface area contributed by atoms with Crippen LogP contribution in [0.4, 0.5) is 0 Å². The van der Waals surface area contributed by atoms with E-state index in [2.05, 4.69) is 0 Å². The lowest BCUT2D eigenvalue weighted by Crippen LogP contribution is -2.07. The normalized spacial score (nSPS) is 9.88. The lowest BCUT2D eigenvalue weighted by atomic mass is 10.2. The van der Waals surface area contributed by atoms with Gasteiger partial charge in [0, 0.05) is 12.8 Å². The second kappa shape index (κ2) is 6.52. The van der Waals surface area contributed by atoms with Crippen molar-refractivity contribution in [3.8, 4) is 11.5 Å². The molecule has 0 spiro atoms. The number of esters is 1. The van der Waals surface area contributed by atoms with Crippen LogP contribution in [0.25, 0.3) is 0 Å². The minimum absolute atomic E-state index is 0.0620. The van der Waals surface area contributed by atoms with Gasteiger partial charge in [0.05, 0.1) is 0 Å². The van der Waals surface area contributed by atoms with Crippen molar-refractivity contribution in [1.82, 2.24) is 0 Å². The first-order valence-corrected chi connectivity index (χ1v) is 5.29. The first-order valence-electron chi connectivity index (χ1n) is 5.29. The monoisotopic (exact) mass is 238 g/mol. The summed E-state index contributed by atoms with van der Waals surface area (Å²) in [7, 11) is 0. The van der Waals surface area contributed by atoms with E-state index in [1.807, 2.05) is 0 Å². The number of phenols is 1. The Morgan fingerprint density at radius 1 is 1.06 bits per heavy atom. The number of phenolic OH excluding ortho intramolecular Hbond substituents is 1. The van der Waals surface area contributed by atoms with Crippen molar-refractivity contribution in [2.24, 2.45) is 0 Å². The molecule has 0 aliphatic heterocycles. The Bertz CT molecular complexity index is 382. The summed E-state index contributed by atoms with van der Waals surface area (Å²) in [6.07, 6.45) is 1.20. The Morgan fingerprint density at radius 2 is 1.65 bits per heavy atom. The Balaban J connectivity index is 2.25. The number of aromatic hydroxyl groups is 1. The number of hydrogen-bond donors (Lipinski definition) is 2. The summed E-state index contributed by atoms with van der Waals surface area (Å²) >= 11 is 0. The summed E-state index contributed by atoms with van der Waals surface area (Å²) in [5.41, 5.74) is 0. The van der Waals surface area contributed by atoms with Crippen molar-refractivity contribution in [3.05, 3.63) is 24.3 Å². The molecule has 5 nitrogen and oxygen atoms in total. The highest BCUT2D eigenvalue weighted by molar-refractivity contribution is 5.72. The van der Waals surface area contributed by atoms with Crippen LogP contribution >= 0.6 is 0 Å². The zero-order valence-corrected chi connectivity index (χ0v) is 9.26. The second-order valence-corrected chi connectivity index (χ2v) is 3.57. The van der Waals surface area contributed by atoms with Crippen LogP contribution in [0.2, 0.25) is 0 Å². The number of carboxylic acids is 1. The van der Waals surface area contributed by atoms with Gasteiger partial charge in [0.15, 0.2) is 0 Å². The van der Waals surface area contributed by atoms with E-state index in [1.54, 1.807) is 0 Å². The standard InChI is InChI=1S/C12H14O5/c13-9-5-7-10(8-6-9)17-12(16)4-2-1-3-11(14)15/h5-8,13H,1-4H2,(H,14,15). The number of ether oxygens (including phenoxy) is 1. The van der Waals surface area contributed by atoms with Crippen LogP contribution in [0.15, 0.2) is 24.3 Å². The second-order valence-electron chi connectivity index (χ2n) is 3.57. The van der Waals surface area contributed by atoms with Gasteiger partial charge < -0.3 is 14.9 Å². The molecule has 1 aromatic carbocycles. The van der Waals surface area contributed by atoms with Gasteiger partial charge in [-0.1, -0.05) is 0 Å². The maximum Gasteiger partial charge on any atom is 0.311 e. The Hall–Kier alpha value is -2.04. The zero-order chi connectivity index (χ0) is 12.7. The first kappa shape index (κ1) is 13.0. The minimum Gasteiger partial charge on any atom is -0.508 e. The van der Waals surface area contributed by atoms with Crippen molar-refractivity contribution in [1.29, 1.82) is 0 Å². The number of aliphatic carboxylic acids is 1. The number of carbonyl (C=O) groups is 2. The van der Waals surface area contributed by atoms with Gasteiger partial charge in [0.2, 0.25) is 0 Å². The minimum atomic E-state index is -0.864. The van der Waals surface area contributed by atoms with Crippen LogP contribution in [0, 0.1) is 0 Å². The fraction of sp³-hybridized carbons (Fsp3) is 0.333. The van der Waals surface area contributed by atoms with Gasteiger partial charge in [-0.25, -0.2) is 0 Å². The highest BCUT2D eigenvalue weighted by atomic mass is 16.5. The Labute approximate surface area is 98.6 Å². The molecule has 0 fully saturated rings. The number of hydrogen-bond acceptors (Lipinski definition) is 4. The van der Waals surface area contributed by atoms with Crippen LogP contribution in [-0.4, -0.2) is 22.2 Å². The molecule has 1 aromatic rings. The smallest absolute Gasteiger partial charge is 0.311 e. The van der Waals surface area contributed by atoms with Gasteiger partial charge in [-0.2, -0.15) is 0 Å². The summed E-state index contributed by atoms with van der Waals surface area (Å²) in [5, 5.41) is 17.4. The Morgan fingerprint density at radius 3 is 2.24 bits per heavy atom. The van der Waals surface area contributed by atoms with Crippen LogP contribution in [-0.2, 0) is 9.59 Å². The molecule has 92 valence electrons. The van der Waals surface area contributed by atoms with E-state index in [1.165, 1.54) is 24.3 Å². The van der Waals surface area contributed by atoms with Crippen LogP contribution in [0.5, 0.6) is 11.5 Å². The molecule has 0 heterocycles. The predicted octanol–water partition coefficient (Wildman–Crippen LogP) is 1.94. The van der Waals surface area contributed by atoms with E-state index in [0.29, 0.717) is 18.6 Å². The summed E-state index contributed by atoms with van der Waals surface area (Å²) < 4.78 is 4.98. The lowest BCUT2D eigenvalue weighted by molar-refractivity contribution is -0.138. The van der Waals surface area contributed by atoms with E-state index >= 15 is 0 Å². The molecule has 5 heteroatoms. The van der Waals surface area contributed by atoms with Crippen molar-refractivity contribution in [3.63, 3.8) is 0 Å². The molecule has 0 aromatic heterocycles. The molecule has 0 saturated carbocycles. The molecule has 0 unspecified atom stereocenters. The molecule has 0 aliphatic carbocycles. The molecule has 0 radical (unpaired) electrons. The maximum atomic E-state index is 11.3. The summed E-state index contributed by atoms with van der Waals surface area (Å²) in [6.45, 7) is 0. The fourth-order valence-electron chi connectivity index (χ4n) is 1.24. The molecule has 0 bridgehead atoms. The average molecular weight is 238 g/mol. The number of benzene rings is 1. The number of carbonyl (C=O) groups excluding carboxylic acids is 1. The third-order valence-corrected chi connectivity index (χ3v) is 2.09. The Kier molecular flexibility index (Phi) is 5.00. The molecule has 2 N–H and O–H groups in total. The molecule has 0 saturated heterocycles. The molecular formula is C12H14O5. The molecule has 0 aliphatic rings. The highest BCUT2D eigenvalue weighted by Gasteiger charge is 2.05. The maximum absolute atomic E-state index is 11.3. The van der Waals surface area contributed by atoms with Gasteiger partial charge in [0.25, 0.3) is 0 Å². The van der Waals surface area contributed by atoms with E-state index in [9.17, 15) is 9.59 Å².